The highest BCUT2D eigenvalue weighted by Crippen LogP contribution is 2.17. The third kappa shape index (κ3) is 2.99. The quantitative estimate of drug-likeness (QED) is 0.763. The number of rotatable bonds is 7. The molecule has 3 nitrogen and oxygen atoms in total. The van der Waals surface area contributed by atoms with Crippen molar-refractivity contribution < 1.29 is 4.79 Å². The first-order valence-corrected chi connectivity index (χ1v) is 7.56. The number of thiazole rings is 1. The maximum atomic E-state index is 12.2. The number of unbranched alkanes of at least 4 members (excludes halogenated alkanes) is 1. The van der Waals surface area contributed by atoms with Gasteiger partial charge in [0.1, 0.15) is 5.78 Å². The van der Waals surface area contributed by atoms with Crippen molar-refractivity contribution in [3.05, 3.63) is 23.5 Å². The molecule has 0 aliphatic carbocycles. The van der Waals surface area contributed by atoms with Gasteiger partial charge in [0.25, 0.3) is 0 Å². The number of carbonyl (C=O) groups excluding carboxylic acids is 1. The standard InChI is InChI=1S/C14H20N2OS/c1-3-5-6-11(4-2)13(17)9-12-10-16-7-8-18-14(16)15-12/h7-8,10-11H,3-6,9H2,1-2H3. The van der Waals surface area contributed by atoms with Crippen molar-refractivity contribution in [3.8, 4) is 0 Å². The van der Waals surface area contributed by atoms with Crippen LogP contribution in [0.3, 0.4) is 0 Å². The van der Waals surface area contributed by atoms with E-state index in [0.29, 0.717) is 12.2 Å². The van der Waals surface area contributed by atoms with Gasteiger partial charge in [-0.1, -0.05) is 26.7 Å². The molecule has 0 N–H and O–H groups in total. The van der Waals surface area contributed by atoms with E-state index >= 15 is 0 Å². The molecule has 2 heterocycles. The average Bonchev–Trinajstić information content (AvgIpc) is 2.90. The topological polar surface area (TPSA) is 34.4 Å². The Morgan fingerprint density at radius 1 is 1.50 bits per heavy atom. The summed E-state index contributed by atoms with van der Waals surface area (Å²) in [6.07, 6.45) is 8.70. The molecule has 0 aliphatic heterocycles. The maximum Gasteiger partial charge on any atom is 0.193 e. The van der Waals surface area contributed by atoms with Gasteiger partial charge >= 0.3 is 0 Å². The number of hydrogen-bond acceptors (Lipinski definition) is 3. The molecule has 18 heavy (non-hydrogen) atoms. The van der Waals surface area contributed by atoms with Gasteiger partial charge in [-0.15, -0.1) is 11.3 Å². The van der Waals surface area contributed by atoms with Gasteiger partial charge in [-0.2, -0.15) is 0 Å². The summed E-state index contributed by atoms with van der Waals surface area (Å²) in [5, 5.41) is 2.00. The van der Waals surface area contributed by atoms with E-state index < -0.39 is 0 Å². The fraction of sp³-hybridized carbons (Fsp3) is 0.571. The van der Waals surface area contributed by atoms with E-state index in [2.05, 4.69) is 18.8 Å². The number of nitrogens with zero attached hydrogens (tertiary/aromatic N) is 2. The van der Waals surface area contributed by atoms with Gasteiger partial charge in [-0.3, -0.25) is 9.20 Å². The van der Waals surface area contributed by atoms with Crippen LogP contribution in [0.1, 0.15) is 45.2 Å². The Bertz CT molecular complexity index is 486. The summed E-state index contributed by atoms with van der Waals surface area (Å²) in [5.74, 6) is 0.557. The van der Waals surface area contributed by atoms with Crippen molar-refractivity contribution in [2.24, 2.45) is 5.92 Å². The molecular weight excluding hydrogens is 244 g/mol. The van der Waals surface area contributed by atoms with Crippen molar-refractivity contribution in [1.29, 1.82) is 0 Å². The second kappa shape index (κ2) is 6.14. The molecule has 2 aromatic rings. The minimum Gasteiger partial charge on any atom is -0.299 e. The van der Waals surface area contributed by atoms with Gasteiger partial charge in [-0.25, -0.2) is 4.98 Å². The lowest BCUT2D eigenvalue weighted by Crippen LogP contribution is -2.16. The molecule has 1 atom stereocenters. The highest BCUT2D eigenvalue weighted by molar-refractivity contribution is 7.15. The van der Waals surface area contributed by atoms with Gasteiger partial charge in [0.05, 0.1) is 12.1 Å². The summed E-state index contributed by atoms with van der Waals surface area (Å²) in [6.45, 7) is 4.27. The van der Waals surface area contributed by atoms with Crippen LogP contribution < -0.4 is 0 Å². The Morgan fingerprint density at radius 2 is 2.33 bits per heavy atom. The zero-order valence-electron chi connectivity index (χ0n) is 11.1. The zero-order chi connectivity index (χ0) is 13.0. The number of fused-ring (bicyclic) bond motifs is 1. The van der Waals surface area contributed by atoms with Crippen LogP contribution in [0.4, 0.5) is 0 Å². The Labute approximate surface area is 112 Å². The van der Waals surface area contributed by atoms with E-state index in [-0.39, 0.29) is 5.92 Å². The number of Topliss-reactive ketones (excluding diaryl/α,β-unsaturated/α-hetero) is 1. The third-order valence-corrected chi connectivity index (χ3v) is 4.12. The Kier molecular flexibility index (Phi) is 4.53. The Hall–Kier alpha value is -1.16. The first kappa shape index (κ1) is 13.3. The lowest BCUT2D eigenvalue weighted by Gasteiger charge is -2.11. The molecule has 0 radical (unpaired) electrons. The molecule has 2 aromatic heterocycles. The molecule has 0 saturated heterocycles. The van der Waals surface area contributed by atoms with Gasteiger partial charge in [0.15, 0.2) is 4.96 Å². The van der Waals surface area contributed by atoms with Crippen LogP contribution in [0.2, 0.25) is 0 Å². The summed E-state index contributed by atoms with van der Waals surface area (Å²) in [6, 6.07) is 0. The van der Waals surface area contributed by atoms with E-state index in [1.165, 1.54) is 0 Å². The summed E-state index contributed by atoms with van der Waals surface area (Å²) < 4.78 is 1.99. The third-order valence-electron chi connectivity index (χ3n) is 3.35. The van der Waals surface area contributed by atoms with Crippen LogP contribution in [0.5, 0.6) is 0 Å². The molecule has 1 unspecified atom stereocenters. The monoisotopic (exact) mass is 264 g/mol. The molecule has 4 heteroatoms. The highest BCUT2D eigenvalue weighted by atomic mass is 32.1. The molecule has 0 spiro atoms. The van der Waals surface area contributed by atoms with Crippen LogP contribution in [0.15, 0.2) is 17.8 Å². The van der Waals surface area contributed by atoms with Crippen molar-refractivity contribution in [2.75, 3.05) is 0 Å². The van der Waals surface area contributed by atoms with Crippen molar-refractivity contribution in [1.82, 2.24) is 9.38 Å². The summed E-state index contributed by atoms with van der Waals surface area (Å²) in [4.78, 5) is 17.6. The number of imidazole rings is 1. The van der Waals surface area contributed by atoms with Crippen LogP contribution >= 0.6 is 11.3 Å². The number of ketones is 1. The van der Waals surface area contributed by atoms with E-state index in [0.717, 1.165) is 36.3 Å². The van der Waals surface area contributed by atoms with Crippen LogP contribution in [0.25, 0.3) is 4.96 Å². The largest absolute Gasteiger partial charge is 0.299 e. The first-order valence-electron chi connectivity index (χ1n) is 6.68. The normalized spacial score (nSPS) is 13.0. The Morgan fingerprint density at radius 3 is 3.00 bits per heavy atom. The predicted octanol–water partition coefficient (Wildman–Crippen LogP) is 3.72. The smallest absolute Gasteiger partial charge is 0.193 e. The number of carbonyl (C=O) groups is 1. The predicted molar refractivity (Wildman–Crippen MR) is 75.1 cm³/mol. The minimum absolute atomic E-state index is 0.213. The summed E-state index contributed by atoms with van der Waals surface area (Å²) in [7, 11) is 0. The molecule has 0 saturated carbocycles. The van der Waals surface area contributed by atoms with Crippen LogP contribution in [0, 0.1) is 5.92 Å². The maximum absolute atomic E-state index is 12.2. The molecule has 0 amide bonds. The molecule has 0 aromatic carbocycles. The average molecular weight is 264 g/mol. The lowest BCUT2D eigenvalue weighted by atomic mass is 9.92. The van der Waals surface area contributed by atoms with Gasteiger partial charge < -0.3 is 0 Å². The second-order valence-corrected chi connectivity index (χ2v) is 5.59. The zero-order valence-corrected chi connectivity index (χ0v) is 11.9. The first-order chi connectivity index (χ1) is 8.74. The SMILES string of the molecule is CCCCC(CC)C(=O)Cc1cn2ccsc2n1. The van der Waals surface area contributed by atoms with Gasteiger partial charge in [0.2, 0.25) is 0 Å². The number of aromatic nitrogens is 2. The van der Waals surface area contributed by atoms with E-state index in [1.807, 2.05) is 22.2 Å². The highest BCUT2D eigenvalue weighted by Gasteiger charge is 2.17. The van der Waals surface area contributed by atoms with Crippen LogP contribution in [-0.2, 0) is 11.2 Å². The molecule has 0 aliphatic rings. The molecule has 0 bridgehead atoms. The lowest BCUT2D eigenvalue weighted by molar-refractivity contribution is -0.122. The van der Waals surface area contributed by atoms with Crippen LogP contribution in [-0.4, -0.2) is 15.2 Å². The van der Waals surface area contributed by atoms with Gasteiger partial charge in [0, 0.05) is 23.7 Å². The van der Waals surface area contributed by atoms with E-state index in [9.17, 15) is 4.79 Å². The Balaban J connectivity index is 1.99. The van der Waals surface area contributed by atoms with Crippen molar-refractivity contribution in [2.45, 2.75) is 46.0 Å². The molecular formula is C14H20N2OS. The summed E-state index contributed by atoms with van der Waals surface area (Å²) >= 11 is 1.60. The number of hydrogen-bond donors (Lipinski definition) is 0. The summed E-state index contributed by atoms with van der Waals surface area (Å²) in [5.41, 5.74) is 0.904. The molecule has 2 rings (SSSR count). The van der Waals surface area contributed by atoms with Crippen molar-refractivity contribution in [3.63, 3.8) is 0 Å². The molecule has 0 fully saturated rings. The fourth-order valence-electron chi connectivity index (χ4n) is 2.23. The van der Waals surface area contributed by atoms with E-state index in [4.69, 9.17) is 0 Å². The van der Waals surface area contributed by atoms with Gasteiger partial charge in [-0.05, 0) is 12.8 Å². The fourth-order valence-corrected chi connectivity index (χ4v) is 2.95. The van der Waals surface area contributed by atoms with E-state index in [1.54, 1.807) is 11.3 Å². The van der Waals surface area contributed by atoms with Crippen molar-refractivity contribution >= 4 is 22.1 Å². The minimum atomic E-state index is 0.213. The second-order valence-electron chi connectivity index (χ2n) is 4.72. The molecule has 98 valence electrons.